The van der Waals surface area contributed by atoms with E-state index in [0.29, 0.717) is 0 Å². The molecule has 1 aliphatic heterocycles. The first kappa shape index (κ1) is 19.1. The molecule has 0 aliphatic carbocycles. The number of nitrogens with one attached hydrogen (secondary N) is 1. The molecule has 1 aromatic carbocycles. The van der Waals surface area contributed by atoms with Crippen LogP contribution >= 0.6 is 23.2 Å². The number of benzene rings is 1. The Hall–Kier alpha value is -2.25. The lowest BCUT2D eigenvalue weighted by molar-refractivity contribution is -0.142. The van der Waals surface area contributed by atoms with Crippen molar-refractivity contribution in [3.63, 3.8) is 0 Å². The van der Waals surface area contributed by atoms with Crippen LogP contribution in [0.3, 0.4) is 0 Å². The maximum atomic E-state index is 12.8. The van der Waals surface area contributed by atoms with Crippen LogP contribution in [0.4, 0.5) is 4.79 Å². The maximum Gasteiger partial charge on any atom is 0.414 e. The average molecular weight is 388 g/mol. The molecule has 2 rings (SSSR count). The summed E-state index contributed by atoms with van der Waals surface area (Å²) in [6.45, 7) is 4.26. The van der Waals surface area contributed by atoms with Gasteiger partial charge in [0.05, 0.1) is 16.7 Å². The van der Waals surface area contributed by atoms with Crippen molar-refractivity contribution >= 4 is 41.0 Å². The van der Waals surface area contributed by atoms with Gasteiger partial charge in [-0.15, -0.1) is 0 Å². The summed E-state index contributed by atoms with van der Waals surface area (Å²) < 4.78 is 15.3. The number of ketones is 1. The lowest BCUT2D eigenvalue weighted by Crippen LogP contribution is -2.33. The van der Waals surface area contributed by atoms with Crippen molar-refractivity contribution in [2.45, 2.75) is 26.4 Å². The topological polar surface area (TPSA) is 90.9 Å². The summed E-state index contributed by atoms with van der Waals surface area (Å²) >= 11 is 12.2. The third-order valence-electron chi connectivity index (χ3n) is 3.35. The largest absolute Gasteiger partial charge is 0.456 e. The van der Waals surface area contributed by atoms with Gasteiger partial charge >= 0.3 is 12.1 Å². The Bertz CT molecular complexity index is 776. The molecule has 1 heterocycles. The van der Waals surface area contributed by atoms with Gasteiger partial charge in [0.2, 0.25) is 17.2 Å². The first-order valence-corrected chi connectivity index (χ1v) is 8.01. The van der Waals surface area contributed by atoms with E-state index >= 15 is 0 Å². The van der Waals surface area contributed by atoms with Crippen LogP contribution in [0, 0.1) is 0 Å². The molecule has 1 unspecified atom stereocenters. The van der Waals surface area contributed by atoms with Crippen molar-refractivity contribution in [2.24, 2.45) is 0 Å². The summed E-state index contributed by atoms with van der Waals surface area (Å²) in [5.41, 5.74) is -1.38. The molecule has 1 aromatic rings. The second-order valence-corrected chi connectivity index (χ2v) is 5.95. The van der Waals surface area contributed by atoms with Crippen LogP contribution in [0.15, 0.2) is 29.8 Å². The summed E-state index contributed by atoms with van der Waals surface area (Å²) in [7, 11) is 0. The number of Topliss-reactive ketones (excluding diaryl/α,β-unsaturated/α-hetero) is 1. The van der Waals surface area contributed by atoms with Gasteiger partial charge < -0.3 is 14.2 Å². The fourth-order valence-electron chi connectivity index (χ4n) is 2.24. The van der Waals surface area contributed by atoms with E-state index in [9.17, 15) is 14.4 Å². The molecule has 1 amide bonds. The molecule has 0 radical (unpaired) electrons. The van der Waals surface area contributed by atoms with Gasteiger partial charge in [-0.3, -0.25) is 14.9 Å². The molecule has 25 heavy (non-hydrogen) atoms. The van der Waals surface area contributed by atoms with Crippen molar-refractivity contribution in [1.82, 2.24) is 5.32 Å². The highest BCUT2D eigenvalue weighted by atomic mass is 35.5. The summed E-state index contributed by atoms with van der Waals surface area (Å²) in [4.78, 5) is 35.8. The van der Waals surface area contributed by atoms with Gasteiger partial charge in [0.1, 0.15) is 0 Å². The van der Waals surface area contributed by atoms with Gasteiger partial charge in [-0.05, 0) is 19.9 Å². The standard InChI is InChI=1S/C16H15Cl2NO6/c1-4-23-15(22)19-14-12(24-8(2)20)13(21)16(3,25-14)9-6-5-7-10(17)11(9)18/h5-7H,4H2,1-3H3,(H,19,22). The Morgan fingerprint density at radius 3 is 2.60 bits per heavy atom. The van der Waals surface area contributed by atoms with Crippen molar-refractivity contribution in [2.75, 3.05) is 6.61 Å². The van der Waals surface area contributed by atoms with E-state index in [-0.39, 0.29) is 28.1 Å². The Morgan fingerprint density at radius 2 is 2.00 bits per heavy atom. The van der Waals surface area contributed by atoms with E-state index in [2.05, 4.69) is 5.32 Å². The lowest BCUT2D eigenvalue weighted by Gasteiger charge is -2.24. The van der Waals surface area contributed by atoms with Crippen LogP contribution < -0.4 is 5.32 Å². The van der Waals surface area contributed by atoms with E-state index in [1.54, 1.807) is 25.1 Å². The van der Waals surface area contributed by atoms with E-state index < -0.39 is 29.2 Å². The predicted molar refractivity (Wildman–Crippen MR) is 88.9 cm³/mol. The number of carbonyl (C=O) groups is 3. The first-order valence-electron chi connectivity index (χ1n) is 7.25. The van der Waals surface area contributed by atoms with Gasteiger partial charge in [-0.2, -0.15) is 0 Å². The van der Waals surface area contributed by atoms with Crippen LogP contribution in [0.25, 0.3) is 0 Å². The van der Waals surface area contributed by atoms with Crippen LogP contribution in [0.2, 0.25) is 10.0 Å². The fourth-order valence-corrected chi connectivity index (χ4v) is 2.73. The summed E-state index contributed by atoms with van der Waals surface area (Å²) in [6.07, 6.45) is -0.864. The van der Waals surface area contributed by atoms with Crippen LogP contribution in [-0.2, 0) is 29.4 Å². The van der Waals surface area contributed by atoms with E-state index in [1.807, 2.05) is 0 Å². The van der Waals surface area contributed by atoms with Gasteiger partial charge in [0, 0.05) is 12.5 Å². The zero-order chi connectivity index (χ0) is 18.8. The zero-order valence-corrected chi connectivity index (χ0v) is 15.2. The van der Waals surface area contributed by atoms with Crippen molar-refractivity contribution in [3.05, 3.63) is 45.5 Å². The highest BCUT2D eigenvalue weighted by Gasteiger charge is 2.51. The van der Waals surface area contributed by atoms with Gasteiger partial charge in [-0.1, -0.05) is 35.3 Å². The molecule has 0 saturated carbocycles. The average Bonchev–Trinajstić information content (AvgIpc) is 2.75. The second-order valence-electron chi connectivity index (χ2n) is 5.16. The summed E-state index contributed by atoms with van der Waals surface area (Å²) in [5.74, 6) is -2.23. The summed E-state index contributed by atoms with van der Waals surface area (Å²) in [5, 5.41) is 2.58. The Labute approximate surface area is 153 Å². The normalized spacial score (nSPS) is 19.5. The maximum absolute atomic E-state index is 12.8. The summed E-state index contributed by atoms with van der Waals surface area (Å²) in [6, 6.07) is 4.69. The molecule has 7 nitrogen and oxygen atoms in total. The minimum Gasteiger partial charge on any atom is -0.456 e. The number of halogens is 2. The minimum absolute atomic E-state index is 0.105. The molecule has 1 N–H and O–H groups in total. The van der Waals surface area contributed by atoms with Gasteiger partial charge in [0.25, 0.3) is 5.78 Å². The number of hydrogen-bond acceptors (Lipinski definition) is 6. The quantitative estimate of drug-likeness (QED) is 0.797. The Balaban J connectivity index is 2.45. The van der Waals surface area contributed by atoms with Crippen LogP contribution in [0.5, 0.6) is 0 Å². The number of ether oxygens (including phenoxy) is 3. The van der Waals surface area contributed by atoms with E-state index in [1.165, 1.54) is 6.92 Å². The molecule has 0 fully saturated rings. The second kappa shape index (κ2) is 7.33. The molecule has 0 bridgehead atoms. The zero-order valence-electron chi connectivity index (χ0n) is 13.6. The number of amides is 1. The number of rotatable bonds is 4. The smallest absolute Gasteiger partial charge is 0.414 e. The predicted octanol–water partition coefficient (Wildman–Crippen LogP) is 3.29. The third-order valence-corrected chi connectivity index (χ3v) is 4.17. The van der Waals surface area contributed by atoms with Crippen LogP contribution in [-0.4, -0.2) is 24.5 Å². The Morgan fingerprint density at radius 1 is 1.32 bits per heavy atom. The first-order chi connectivity index (χ1) is 11.7. The highest BCUT2D eigenvalue weighted by Crippen LogP contribution is 2.43. The van der Waals surface area contributed by atoms with Crippen molar-refractivity contribution < 1.29 is 28.6 Å². The van der Waals surface area contributed by atoms with Crippen molar-refractivity contribution in [3.8, 4) is 0 Å². The number of esters is 1. The Kier molecular flexibility index (Phi) is 5.59. The van der Waals surface area contributed by atoms with Gasteiger partial charge in [-0.25, -0.2) is 4.79 Å². The molecular weight excluding hydrogens is 373 g/mol. The minimum atomic E-state index is -1.64. The molecule has 1 aliphatic rings. The molecule has 134 valence electrons. The molecule has 0 aromatic heterocycles. The molecular formula is C16H15Cl2NO6. The van der Waals surface area contributed by atoms with Crippen LogP contribution in [0.1, 0.15) is 26.3 Å². The molecule has 0 saturated heterocycles. The van der Waals surface area contributed by atoms with Gasteiger partial charge in [0.15, 0.2) is 0 Å². The molecule has 0 spiro atoms. The SMILES string of the molecule is CCOC(=O)NC1=C(OC(C)=O)C(=O)C(C)(c2cccc(Cl)c2Cl)O1. The monoisotopic (exact) mass is 387 g/mol. The third kappa shape index (κ3) is 3.72. The molecule has 9 heteroatoms. The highest BCUT2D eigenvalue weighted by molar-refractivity contribution is 6.42. The van der Waals surface area contributed by atoms with E-state index in [0.717, 1.165) is 6.92 Å². The van der Waals surface area contributed by atoms with E-state index in [4.69, 9.17) is 37.4 Å². The fraction of sp³-hybridized carbons (Fsp3) is 0.312. The lowest BCUT2D eigenvalue weighted by atomic mass is 9.91. The number of hydrogen-bond donors (Lipinski definition) is 1. The van der Waals surface area contributed by atoms with Crippen molar-refractivity contribution in [1.29, 1.82) is 0 Å². The number of carbonyl (C=O) groups excluding carboxylic acids is 3. The number of alkyl carbamates (subject to hydrolysis) is 1. The molecule has 1 atom stereocenters.